The Labute approximate surface area is 270 Å². The second-order valence-corrected chi connectivity index (χ2v) is 11.4. The maximum absolute atomic E-state index is 13.5. The van der Waals surface area contributed by atoms with Crippen LogP contribution >= 0.6 is 0 Å². The highest BCUT2D eigenvalue weighted by atomic mass is 19.3. The van der Waals surface area contributed by atoms with E-state index in [1.807, 2.05) is 24.3 Å². The summed E-state index contributed by atoms with van der Waals surface area (Å²) < 4.78 is 59.9. The molecule has 1 saturated heterocycles. The van der Waals surface area contributed by atoms with Crippen molar-refractivity contribution in [3.8, 4) is 5.75 Å². The first kappa shape index (κ1) is 33.4. The van der Waals surface area contributed by atoms with Crippen LogP contribution in [0.1, 0.15) is 33.1 Å². The van der Waals surface area contributed by atoms with Gasteiger partial charge in [-0.25, -0.2) is 0 Å². The highest BCUT2D eigenvalue weighted by Gasteiger charge is 2.62. The van der Waals surface area contributed by atoms with Gasteiger partial charge < -0.3 is 9.64 Å². The number of benzene rings is 4. The first-order chi connectivity index (χ1) is 22.6. The van der Waals surface area contributed by atoms with Crippen molar-refractivity contribution in [3.05, 3.63) is 97.1 Å². The maximum Gasteiger partial charge on any atom is 0.329 e. The molecular weight excluding hydrogens is 610 g/mol. The van der Waals surface area contributed by atoms with Crippen LogP contribution in [0.5, 0.6) is 5.75 Å². The fourth-order valence-electron chi connectivity index (χ4n) is 4.82. The Morgan fingerprint density at radius 1 is 0.574 bits per heavy atom. The van der Waals surface area contributed by atoms with Gasteiger partial charge in [0.25, 0.3) is 0 Å². The van der Waals surface area contributed by atoms with Crippen LogP contribution in [0.25, 0.3) is 0 Å². The van der Waals surface area contributed by atoms with Gasteiger partial charge in [-0.05, 0) is 109 Å². The summed E-state index contributed by atoms with van der Waals surface area (Å²) in [6.07, 6.45) is 3.44. The maximum atomic E-state index is 13.5. The molecule has 1 unspecified atom stereocenters. The van der Waals surface area contributed by atoms with Crippen LogP contribution in [0.4, 0.5) is 57.4 Å². The van der Waals surface area contributed by atoms with Gasteiger partial charge in [0.05, 0.1) is 53.8 Å². The van der Waals surface area contributed by atoms with E-state index in [9.17, 15) is 17.6 Å². The zero-order valence-electron chi connectivity index (χ0n) is 26.1. The molecule has 4 aromatic carbocycles. The van der Waals surface area contributed by atoms with Gasteiger partial charge in [0, 0.05) is 5.69 Å². The largest absolute Gasteiger partial charge is 0.494 e. The normalized spacial score (nSPS) is 16.4. The van der Waals surface area contributed by atoms with Crippen LogP contribution < -0.4 is 9.64 Å². The van der Waals surface area contributed by atoms with E-state index in [1.54, 1.807) is 48.5 Å². The number of nitrogens with zero attached hydrogens (tertiary/aromatic N) is 7. The lowest BCUT2D eigenvalue weighted by Crippen LogP contribution is -2.38. The van der Waals surface area contributed by atoms with Crippen molar-refractivity contribution in [3.63, 3.8) is 0 Å². The molecule has 1 aliphatic heterocycles. The molecule has 47 heavy (non-hydrogen) atoms. The van der Waals surface area contributed by atoms with Gasteiger partial charge in [-0.2, -0.15) is 48.2 Å². The van der Waals surface area contributed by atoms with Crippen LogP contribution in [0.15, 0.2) is 128 Å². The standard InChI is InChI=1S/C35H35F4N7O/c1-3-4-25(2)21-22-47-33-19-15-31(16-20-33)45-43-29-11-7-27(8-12-29)41-40-26-5-9-28(10-6-26)42-44-30-13-17-32(18-14-30)46-23-34(36,37)35(38,39)24-46/h5-20,25H,3-4,21-24H2,1-2H3. The first-order valence-corrected chi connectivity index (χ1v) is 15.4. The molecule has 0 bridgehead atoms. The molecule has 0 aliphatic carbocycles. The molecule has 1 aliphatic rings. The third-order valence-electron chi connectivity index (χ3n) is 7.57. The summed E-state index contributed by atoms with van der Waals surface area (Å²) in [4.78, 5) is 0.960. The van der Waals surface area contributed by atoms with Crippen molar-refractivity contribution in [2.24, 2.45) is 36.6 Å². The fraction of sp³-hybridized carbons (Fsp3) is 0.314. The van der Waals surface area contributed by atoms with Crippen molar-refractivity contribution >= 4 is 39.8 Å². The molecule has 4 aromatic rings. The summed E-state index contributed by atoms with van der Waals surface area (Å²) >= 11 is 0. The minimum atomic E-state index is -4.06. The zero-order valence-corrected chi connectivity index (χ0v) is 26.1. The Balaban J connectivity index is 1.08. The minimum absolute atomic E-state index is 0.268. The number of hydrogen-bond donors (Lipinski definition) is 0. The topological polar surface area (TPSA) is 86.6 Å². The van der Waals surface area contributed by atoms with Crippen LogP contribution in [-0.4, -0.2) is 31.5 Å². The fourth-order valence-corrected chi connectivity index (χ4v) is 4.82. The molecule has 0 aromatic heterocycles. The minimum Gasteiger partial charge on any atom is -0.494 e. The Bertz CT molecular complexity index is 1660. The number of hydrogen-bond acceptors (Lipinski definition) is 8. The smallest absolute Gasteiger partial charge is 0.329 e. The number of ether oxygens (including phenoxy) is 1. The van der Waals surface area contributed by atoms with E-state index < -0.39 is 24.9 Å². The molecule has 0 amide bonds. The Morgan fingerprint density at radius 2 is 0.915 bits per heavy atom. The van der Waals surface area contributed by atoms with Gasteiger partial charge in [-0.15, -0.1) is 0 Å². The van der Waals surface area contributed by atoms with Gasteiger partial charge in [0.2, 0.25) is 0 Å². The summed E-state index contributed by atoms with van der Waals surface area (Å²) in [5, 5.41) is 25.4. The van der Waals surface area contributed by atoms with Crippen LogP contribution in [0, 0.1) is 5.92 Å². The highest BCUT2D eigenvalue weighted by Crippen LogP contribution is 2.42. The van der Waals surface area contributed by atoms with Gasteiger partial charge in [-0.3, -0.25) is 0 Å². The van der Waals surface area contributed by atoms with Crippen LogP contribution in [0.2, 0.25) is 0 Å². The summed E-state index contributed by atoms with van der Waals surface area (Å²) in [6.45, 7) is 3.08. The van der Waals surface area contributed by atoms with Gasteiger partial charge in [0.1, 0.15) is 5.75 Å². The van der Waals surface area contributed by atoms with Crippen LogP contribution in [0.3, 0.4) is 0 Å². The molecule has 12 heteroatoms. The SMILES string of the molecule is CCCC(C)CCOc1ccc(N=Nc2ccc(N=Nc3ccc(N=Nc4ccc(N5CC(F)(F)C(F)(F)C5)cc4)cc3)cc2)cc1. The van der Waals surface area contributed by atoms with Crippen molar-refractivity contribution in [2.45, 2.75) is 45.0 Å². The monoisotopic (exact) mass is 645 g/mol. The van der Waals surface area contributed by atoms with Crippen molar-refractivity contribution < 1.29 is 22.3 Å². The lowest BCUT2D eigenvalue weighted by atomic mass is 10.0. The van der Waals surface area contributed by atoms with E-state index in [4.69, 9.17) is 4.74 Å². The Kier molecular flexibility index (Phi) is 10.7. The van der Waals surface area contributed by atoms with Crippen molar-refractivity contribution in [2.75, 3.05) is 24.6 Å². The quantitative estimate of drug-likeness (QED) is 0.107. The van der Waals surface area contributed by atoms with E-state index in [2.05, 4.69) is 44.5 Å². The second kappa shape index (κ2) is 15.1. The summed E-state index contributed by atoms with van der Waals surface area (Å²) in [5.41, 5.74) is 3.93. The molecule has 0 radical (unpaired) electrons. The number of alkyl halides is 4. The molecule has 0 spiro atoms. The summed E-state index contributed by atoms with van der Waals surface area (Å²) in [6, 6.07) is 27.7. The lowest BCUT2D eigenvalue weighted by molar-refractivity contribution is -0.172. The Morgan fingerprint density at radius 3 is 1.28 bits per heavy atom. The average Bonchev–Trinajstić information content (AvgIpc) is 3.29. The van der Waals surface area contributed by atoms with E-state index in [0.29, 0.717) is 41.0 Å². The van der Waals surface area contributed by atoms with E-state index in [-0.39, 0.29) is 5.69 Å². The van der Waals surface area contributed by atoms with Gasteiger partial charge >= 0.3 is 11.8 Å². The Hall–Kier alpha value is -5.00. The molecule has 0 saturated carbocycles. The average molecular weight is 646 g/mol. The molecule has 1 fully saturated rings. The lowest BCUT2D eigenvalue weighted by Gasteiger charge is -2.16. The van der Waals surface area contributed by atoms with E-state index in [1.165, 1.54) is 37.1 Å². The predicted molar refractivity (Wildman–Crippen MR) is 175 cm³/mol. The highest BCUT2D eigenvalue weighted by molar-refractivity contribution is 5.55. The number of anilines is 1. The molecule has 8 nitrogen and oxygen atoms in total. The summed E-state index contributed by atoms with van der Waals surface area (Å²) in [7, 11) is 0. The number of rotatable bonds is 13. The second-order valence-electron chi connectivity index (χ2n) is 11.4. The third-order valence-corrected chi connectivity index (χ3v) is 7.57. The molecule has 0 N–H and O–H groups in total. The first-order valence-electron chi connectivity index (χ1n) is 15.4. The van der Waals surface area contributed by atoms with Gasteiger partial charge in [-0.1, -0.05) is 26.7 Å². The molecule has 1 atom stereocenters. The zero-order chi connectivity index (χ0) is 33.3. The van der Waals surface area contributed by atoms with E-state index >= 15 is 0 Å². The third kappa shape index (κ3) is 9.27. The molecule has 1 heterocycles. The predicted octanol–water partition coefficient (Wildman–Crippen LogP) is 12.2. The molecule has 244 valence electrons. The number of halogens is 4. The van der Waals surface area contributed by atoms with Crippen LogP contribution in [-0.2, 0) is 0 Å². The van der Waals surface area contributed by atoms with E-state index in [0.717, 1.165) is 22.8 Å². The van der Waals surface area contributed by atoms with Gasteiger partial charge in [0.15, 0.2) is 0 Å². The van der Waals surface area contributed by atoms with Crippen molar-refractivity contribution in [1.82, 2.24) is 0 Å². The molecule has 5 rings (SSSR count). The van der Waals surface area contributed by atoms with Crippen molar-refractivity contribution in [1.29, 1.82) is 0 Å². The summed E-state index contributed by atoms with van der Waals surface area (Å²) in [5.74, 6) is -6.65. The number of azo groups is 3. The molecular formula is C35H35F4N7O.